The Morgan fingerprint density at radius 3 is 3.00 bits per heavy atom. The van der Waals surface area contributed by atoms with E-state index in [2.05, 4.69) is 11.6 Å². The Morgan fingerprint density at radius 1 is 1.50 bits per heavy atom. The van der Waals surface area contributed by atoms with Gasteiger partial charge in [-0.2, -0.15) is 0 Å². The van der Waals surface area contributed by atoms with Crippen LogP contribution in [-0.4, -0.2) is 11.6 Å². The summed E-state index contributed by atoms with van der Waals surface area (Å²) in [6.45, 7) is 6.26. The number of ether oxygens (including phenoxy) is 1. The van der Waals surface area contributed by atoms with Crippen molar-refractivity contribution in [2.45, 2.75) is 6.92 Å². The number of fused-ring (bicyclic) bond motifs is 1. The van der Waals surface area contributed by atoms with Crippen molar-refractivity contribution in [3.05, 3.63) is 36.4 Å². The SMILES string of the molecule is C=C(C)COc1nc2ccccc2s1. The quantitative estimate of drug-likeness (QED) is 0.717. The van der Waals surface area contributed by atoms with E-state index in [1.54, 1.807) is 11.3 Å². The molecule has 1 aromatic carbocycles. The van der Waals surface area contributed by atoms with E-state index in [-0.39, 0.29) is 0 Å². The lowest BCUT2D eigenvalue weighted by atomic mass is 10.3. The van der Waals surface area contributed by atoms with Crippen LogP contribution in [0.4, 0.5) is 0 Å². The summed E-state index contributed by atoms with van der Waals surface area (Å²) in [4.78, 5) is 4.34. The lowest BCUT2D eigenvalue weighted by molar-refractivity contribution is 0.351. The molecule has 2 aromatic rings. The molecule has 0 saturated heterocycles. The maximum Gasteiger partial charge on any atom is 0.274 e. The molecule has 1 aromatic heterocycles. The fourth-order valence-electron chi connectivity index (χ4n) is 1.10. The lowest BCUT2D eigenvalue weighted by Crippen LogP contribution is -1.96. The predicted octanol–water partition coefficient (Wildman–Crippen LogP) is 3.25. The fraction of sp³-hybridized carbons (Fsp3) is 0.182. The van der Waals surface area contributed by atoms with E-state index in [0.717, 1.165) is 15.8 Å². The third-order valence-corrected chi connectivity index (χ3v) is 2.67. The summed E-state index contributed by atoms with van der Waals surface area (Å²) >= 11 is 1.56. The lowest BCUT2D eigenvalue weighted by Gasteiger charge is -1.98. The summed E-state index contributed by atoms with van der Waals surface area (Å²) in [5, 5.41) is 0.717. The van der Waals surface area contributed by atoms with Crippen LogP contribution in [0.2, 0.25) is 0 Å². The van der Waals surface area contributed by atoms with Crippen LogP contribution in [0.25, 0.3) is 10.2 Å². The van der Waals surface area contributed by atoms with Gasteiger partial charge in [-0.3, -0.25) is 0 Å². The second-order valence-corrected chi connectivity index (χ2v) is 4.19. The molecule has 0 aliphatic carbocycles. The van der Waals surface area contributed by atoms with E-state index in [1.807, 2.05) is 31.2 Å². The van der Waals surface area contributed by atoms with E-state index in [0.29, 0.717) is 11.8 Å². The summed E-state index contributed by atoms with van der Waals surface area (Å²) in [6.07, 6.45) is 0. The van der Waals surface area contributed by atoms with Crippen LogP contribution in [0.15, 0.2) is 36.4 Å². The maximum absolute atomic E-state index is 5.46. The number of benzene rings is 1. The minimum Gasteiger partial charge on any atom is -0.466 e. The van der Waals surface area contributed by atoms with E-state index < -0.39 is 0 Å². The molecule has 0 amide bonds. The highest BCUT2D eigenvalue weighted by molar-refractivity contribution is 7.20. The summed E-state index contributed by atoms with van der Waals surface area (Å²) < 4.78 is 6.62. The molecule has 72 valence electrons. The molecule has 0 aliphatic rings. The molecule has 1 heterocycles. The first-order chi connectivity index (χ1) is 6.75. The molecule has 2 nitrogen and oxygen atoms in total. The smallest absolute Gasteiger partial charge is 0.274 e. The van der Waals surface area contributed by atoms with Gasteiger partial charge in [-0.15, -0.1) is 0 Å². The van der Waals surface area contributed by atoms with Gasteiger partial charge in [0.05, 0.1) is 10.2 Å². The second-order valence-electron chi connectivity index (χ2n) is 3.19. The molecule has 0 fully saturated rings. The molecule has 2 rings (SSSR count). The molecule has 0 N–H and O–H groups in total. The van der Waals surface area contributed by atoms with Gasteiger partial charge >= 0.3 is 0 Å². The van der Waals surface area contributed by atoms with Crippen LogP contribution in [-0.2, 0) is 0 Å². The highest BCUT2D eigenvalue weighted by atomic mass is 32.1. The van der Waals surface area contributed by atoms with Crippen molar-refractivity contribution in [1.29, 1.82) is 0 Å². The first-order valence-electron chi connectivity index (χ1n) is 4.38. The Labute approximate surface area is 86.9 Å². The standard InChI is InChI=1S/C11H11NOS/c1-8(2)7-13-11-12-9-5-3-4-6-10(9)14-11/h3-6H,1,7H2,2H3. The molecule has 0 unspecified atom stereocenters. The Morgan fingerprint density at radius 2 is 2.29 bits per heavy atom. The van der Waals surface area contributed by atoms with Crippen LogP contribution in [0.5, 0.6) is 5.19 Å². The van der Waals surface area contributed by atoms with Gasteiger partial charge in [0.1, 0.15) is 6.61 Å². The zero-order chi connectivity index (χ0) is 9.97. The molecular weight excluding hydrogens is 194 g/mol. The molecule has 0 atom stereocenters. The van der Waals surface area contributed by atoms with Gasteiger partial charge in [0.25, 0.3) is 5.19 Å². The van der Waals surface area contributed by atoms with Crippen LogP contribution in [0.1, 0.15) is 6.92 Å². The maximum atomic E-state index is 5.46. The Balaban J connectivity index is 2.22. The zero-order valence-electron chi connectivity index (χ0n) is 7.99. The van der Waals surface area contributed by atoms with Crippen molar-refractivity contribution >= 4 is 21.6 Å². The molecule has 0 radical (unpaired) electrons. The van der Waals surface area contributed by atoms with Gasteiger partial charge in [-0.25, -0.2) is 4.98 Å². The first kappa shape index (κ1) is 9.21. The second kappa shape index (κ2) is 3.80. The summed E-state index contributed by atoms with van der Waals surface area (Å²) in [5.74, 6) is 0. The average molecular weight is 205 g/mol. The molecule has 0 bridgehead atoms. The molecule has 0 saturated carbocycles. The molecule has 14 heavy (non-hydrogen) atoms. The van der Waals surface area contributed by atoms with Gasteiger partial charge in [-0.05, 0) is 24.6 Å². The van der Waals surface area contributed by atoms with Crippen molar-refractivity contribution in [2.75, 3.05) is 6.61 Å². The van der Waals surface area contributed by atoms with Crippen molar-refractivity contribution in [2.24, 2.45) is 0 Å². The van der Waals surface area contributed by atoms with E-state index in [4.69, 9.17) is 4.74 Å². The Bertz CT molecular complexity index is 428. The van der Waals surface area contributed by atoms with Gasteiger partial charge in [-0.1, -0.05) is 30.0 Å². The van der Waals surface area contributed by atoms with Crippen molar-refractivity contribution < 1.29 is 4.74 Å². The van der Waals surface area contributed by atoms with Crippen LogP contribution in [0.3, 0.4) is 0 Å². The molecule has 0 aliphatic heterocycles. The molecule has 3 heteroatoms. The van der Waals surface area contributed by atoms with Crippen LogP contribution in [0, 0.1) is 0 Å². The topological polar surface area (TPSA) is 22.1 Å². The molecule has 0 spiro atoms. The average Bonchev–Trinajstić information content (AvgIpc) is 2.57. The highest BCUT2D eigenvalue weighted by Crippen LogP contribution is 2.27. The number of thiazole rings is 1. The number of para-hydroxylation sites is 1. The van der Waals surface area contributed by atoms with Crippen molar-refractivity contribution in [3.8, 4) is 5.19 Å². The van der Waals surface area contributed by atoms with E-state index in [9.17, 15) is 0 Å². The fourth-order valence-corrected chi connectivity index (χ4v) is 1.91. The van der Waals surface area contributed by atoms with Crippen molar-refractivity contribution in [3.63, 3.8) is 0 Å². The summed E-state index contributed by atoms with van der Waals surface area (Å²) in [7, 11) is 0. The zero-order valence-corrected chi connectivity index (χ0v) is 8.80. The molecular formula is C11H11NOS. The van der Waals surface area contributed by atoms with Gasteiger partial charge in [0.2, 0.25) is 0 Å². The van der Waals surface area contributed by atoms with E-state index >= 15 is 0 Å². The third-order valence-electron chi connectivity index (χ3n) is 1.72. The summed E-state index contributed by atoms with van der Waals surface area (Å²) in [5.41, 5.74) is 2.00. The minimum atomic E-state index is 0.541. The predicted molar refractivity (Wildman–Crippen MR) is 59.9 cm³/mol. The first-order valence-corrected chi connectivity index (χ1v) is 5.20. The van der Waals surface area contributed by atoms with Gasteiger partial charge in [0.15, 0.2) is 0 Å². The third kappa shape index (κ3) is 1.93. The number of rotatable bonds is 3. The van der Waals surface area contributed by atoms with Gasteiger partial charge in [0, 0.05) is 0 Å². The minimum absolute atomic E-state index is 0.541. The number of nitrogens with zero attached hydrogens (tertiary/aromatic N) is 1. The Hall–Kier alpha value is -1.35. The van der Waals surface area contributed by atoms with Crippen LogP contribution < -0.4 is 4.74 Å². The monoisotopic (exact) mass is 205 g/mol. The van der Waals surface area contributed by atoms with Gasteiger partial charge < -0.3 is 4.74 Å². The number of aromatic nitrogens is 1. The van der Waals surface area contributed by atoms with E-state index in [1.165, 1.54) is 0 Å². The largest absolute Gasteiger partial charge is 0.466 e. The summed E-state index contributed by atoms with van der Waals surface area (Å²) in [6, 6.07) is 8.01. The van der Waals surface area contributed by atoms with Crippen LogP contribution >= 0.6 is 11.3 Å². The Kier molecular flexibility index (Phi) is 2.50. The normalized spacial score (nSPS) is 10.4. The number of hydrogen-bond acceptors (Lipinski definition) is 3. The highest BCUT2D eigenvalue weighted by Gasteiger charge is 2.02. The van der Waals surface area contributed by atoms with Crippen molar-refractivity contribution in [1.82, 2.24) is 4.98 Å². The number of hydrogen-bond donors (Lipinski definition) is 0.